The van der Waals surface area contributed by atoms with Crippen molar-refractivity contribution >= 4 is 0 Å². The smallest absolute Gasteiger partial charge is 0.0631 e. The van der Waals surface area contributed by atoms with Crippen molar-refractivity contribution in [1.29, 1.82) is 0 Å². The Morgan fingerprint density at radius 2 is 2.07 bits per heavy atom. The van der Waals surface area contributed by atoms with Gasteiger partial charge in [-0.15, -0.1) is 0 Å². The molecule has 0 atom stereocenters. The predicted octanol–water partition coefficient (Wildman–Crippen LogP) is 1.50. The van der Waals surface area contributed by atoms with Gasteiger partial charge in [0.25, 0.3) is 0 Å². The van der Waals surface area contributed by atoms with E-state index in [0.29, 0.717) is 0 Å². The van der Waals surface area contributed by atoms with Gasteiger partial charge in [0.15, 0.2) is 0 Å². The van der Waals surface area contributed by atoms with Gasteiger partial charge in [-0.3, -0.25) is 4.68 Å². The van der Waals surface area contributed by atoms with Crippen LogP contribution in [0.1, 0.15) is 37.9 Å². The van der Waals surface area contributed by atoms with E-state index in [9.17, 15) is 0 Å². The maximum absolute atomic E-state index is 6.25. The average Bonchev–Trinajstić information content (AvgIpc) is 2.73. The van der Waals surface area contributed by atoms with Crippen LogP contribution in [0.15, 0.2) is 6.20 Å². The molecule has 2 N–H and O–H groups in total. The zero-order chi connectivity index (χ0) is 10.6. The molecule has 1 aliphatic carbocycles. The van der Waals surface area contributed by atoms with Gasteiger partial charge in [0.1, 0.15) is 0 Å². The van der Waals surface area contributed by atoms with E-state index in [1.165, 1.54) is 18.4 Å². The number of aryl methyl sites for hydroxylation is 2. The standard InChI is InChI=1S/C11H19N3/c1-8-9(7-14(4)13-8)11(5-6-11)10(2,3)12/h7H,5-6,12H2,1-4H3. The molecule has 1 saturated carbocycles. The molecule has 0 radical (unpaired) electrons. The van der Waals surface area contributed by atoms with Crippen molar-refractivity contribution in [3.8, 4) is 0 Å². The number of nitrogens with zero attached hydrogens (tertiary/aromatic N) is 2. The Labute approximate surface area is 85.3 Å². The molecule has 0 amide bonds. The molecule has 3 heteroatoms. The lowest BCUT2D eigenvalue weighted by Crippen LogP contribution is -2.45. The van der Waals surface area contributed by atoms with E-state index in [-0.39, 0.29) is 11.0 Å². The quantitative estimate of drug-likeness (QED) is 0.773. The second-order valence-corrected chi connectivity index (χ2v) is 5.11. The van der Waals surface area contributed by atoms with E-state index in [1.807, 2.05) is 11.7 Å². The van der Waals surface area contributed by atoms with Crippen molar-refractivity contribution in [3.05, 3.63) is 17.5 Å². The van der Waals surface area contributed by atoms with E-state index in [0.717, 1.165) is 5.69 Å². The van der Waals surface area contributed by atoms with Gasteiger partial charge in [-0.05, 0) is 33.6 Å². The minimum Gasteiger partial charge on any atom is -0.325 e. The molecule has 0 spiro atoms. The minimum absolute atomic E-state index is 0.138. The highest BCUT2D eigenvalue weighted by molar-refractivity contribution is 5.37. The van der Waals surface area contributed by atoms with Crippen LogP contribution in [0, 0.1) is 6.92 Å². The molecule has 1 aromatic rings. The summed E-state index contributed by atoms with van der Waals surface area (Å²) in [5.41, 5.74) is 8.77. The zero-order valence-corrected chi connectivity index (χ0v) is 9.46. The number of hydrogen-bond acceptors (Lipinski definition) is 2. The van der Waals surface area contributed by atoms with Gasteiger partial charge in [0.2, 0.25) is 0 Å². The zero-order valence-electron chi connectivity index (χ0n) is 9.46. The SMILES string of the molecule is Cc1nn(C)cc1C1(C(C)(C)N)CC1. The van der Waals surface area contributed by atoms with E-state index in [4.69, 9.17) is 5.73 Å². The van der Waals surface area contributed by atoms with Crippen molar-refractivity contribution in [2.75, 3.05) is 0 Å². The van der Waals surface area contributed by atoms with Gasteiger partial charge in [-0.1, -0.05) is 0 Å². The molecule has 2 rings (SSSR count). The fourth-order valence-electron chi connectivity index (χ4n) is 2.46. The Balaban J connectivity index is 2.45. The topological polar surface area (TPSA) is 43.8 Å². The summed E-state index contributed by atoms with van der Waals surface area (Å²) >= 11 is 0. The molecule has 1 aromatic heterocycles. The maximum atomic E-state index is 6.25. The van der Waals surface area contributed by atoms with Gasteiger partial charge < -0.3 is 5.73 Å². The molecule has 1 heterocycles. The van der Waals surface area contributed by atoms with Gasteiger partial charge in [-0.25, -0.2) is 0 Å². The molecular weight excluding hydrogens is 174 g/mol. The second kappa shape index (κ2) is 2.60. The van der Waals surface area contributed by atoms with Crippen LogP contribution in [0.3, 0.4) is 0 Å². The van der Waals surface area contributed by atoms with Gasteiger partial charge in [-0.2, -0.15) is 5.10 Å². The van der Waals surface area contributed by atoms with Crippen LogP contribution in [0.4, 0.5) is 0 Å². The van der Waals surface area contributed by atoms with Gasteiger partial charge >= 0.3 is 0 Å². The summed E-state index contributed by atoms with van der Waals surface area (Å²) in [6.45, 7) is 6.31. The molecule has 0 aromatic carbocycles. The molecule has 3 nitrogen and oxygen atoms in total. The van der Waals surface area contributed by atoms with Crippen molar-refractivity contribution in [2.45, 2.75) is 44.6 Å². The number of nitrogens with two attached hydrogens (primary N) is 1. The van der Waals surface area contributed by atoms with E-state index < -0.39 is 0 Å². The molecule has 0 saturated heterocycles. The molecule has 0 bridgehead atoms. The van der Waals surface area contributed by atoms with Crippen LogP contribution in [-0.4, -0.2) is 15.3 Å². The van der Waals surface area contributed by atoms with Gasteiger partial charge in [0, 0.05) is 29.8 Å². The molecule has 0 aliphatic heterocycles. The molecule has 14 heavy (non-hydrogen) atoms. The molecule has 1 fully saturated rings. The first-order valence-corrected chi connectivity index (χ1v) is 5.16. The largest absolute Gasteiger partial charge is 0.325 e. The van der Waals surface area contributed by atoms with Crippen LogP contribution in [0.2, 0.25) is 0 Å². The van der Waals surface area contributed by atoms with Gasteiger partial charge in [0.05, 0.1) is 5.69 Å². The van der Waals surface area contributed by atoms with Crippen LogP contribution >= 0.6 is 0 Å². The summed E-state index contributed by atoms with van der Waals surface area (Å²) in [6, 6.07) is 0. The summed E-state index contributed by atoms with van der Waals surface area (Å²) in [4.78, 5) is 0. The maximum Gasteiger partial charge on any atom is 0.0631 e. The minimum atomic E-state index is -0.138. The first kappa shape index (κ1) is 9.71. The number of rotatable bonds is 2. The Hall–Kier alpha value is -0.830. The highest BCUT2D eigenvalue weighted by Gasteiger charge is 2.55. The number of hydrogen-bond donors (Lipinski definition) is 1. The normalized spacial score (nSPS) is 19.8. The summed E-state index contributed by atoms with van der Waals surface area (Å²) in [6.07, 6.45) is 4.52. The van der Waals surface area contributed by atoms with Crippen LogP contribution in [0.25, 0.3) is 0 Å². The summed E-state index contributed by atoms with van der Waals surface area (Å²) in [5, 5.41) is 4.39. The molecule has 1 aliphatic rings. The third-order valence-corrected chi connectivity index (χ3v) is 3.51. The van der Waals surface area contributed by atoms with Crippen molar-refractivity contribution in [3.63, 3.8) is 0 Å². The van der Waals surface area contributed by atoms with Crippen molar-refractivity contribution < 1.29 is 0 Å². The molecule has 78 valence electrons. The number of aromatic nitrogens is 2. The van der Waals surface area contributed by atoms with Crippen LogP contribution in [0.5, 0.6) is 0 Å². The Morgan fingerprint density at radius 1 is 1.50 bits per heavy atom. The lowest BCUT2D eigenvalue weighted by Gasteiger charge is -2.30. The monoisotopic (exact) mass is 193 g/mol. The Morgan fingerprint density at radius 3 is 2.36 bits per heavy atom. The van der Waals surface area contributed by atoms with Crippen molar-refractivity contribution in [2.24, 2.45) is 12.8 Å². The first-order chi connectivity index (χ1) is 6.37. The van der Waals surface area contributed by atoms with Crippen LogP contribution in [-0.2, 0) is 12.5 Å². The highest BCUT2D eigenvalue weighted by atomic mass is 15.3. The van der Waals surface area contributed by atoms with Crippen LogP contribution < -0.4 is 5.73 Å². The van der Waals surface area contributed by atoms with Crippen molar-refractivity contribution in [1.82, 2.24) is 9.78 Å². The average molecular weight is 193 g/mol. The highest BCUT2D eigenvalue weighted by Crippen LogP contribution is 2.55. The lowest BCUT2D eigenvalue weighted by atomic mass is 9.79. The van der Waals surface area contributed by atoms with E-state index >= 15 is 0 Å². The summed E-state index contributed by atoms with van der Waals surface area (Å²) in [5.74, 6) is 0. The summed E-state index contributed by atoms with van der Waals surface area (Å²) in [7, 11) is 1.97. The fourth-order valence-corrected chi connectivity index (χ4v) is 2.46. The third kappa shape index (κ3) is 1.19. The lowest BCUT2D eigenvalue weighted by molar-refractivity contribution is 0.390. The Bertz CT molecular complexity index is 353. The third-order valence-electron chi connectivity index (χ3n) is 3.51. The first-order valence-electron chi connectivity index (χ1n) is 5.16. The molecular formula is C11H19N3. The summed E-state index contributed by atoms with van der Waals surface area (Å²) < 4.78 is 1.89. The van der Waals surface area contributed by atoms with E-state index in [1.54, 1.807) is 0 Å². The molecule has 0 unspecified atom stereocenters. The van der Waals surface area contributed by atoms with E-state index in [2.05, 4.69) is 32.1 Å². The predicted molar refractivity (Wildman–Crippen MR) is 57.1 cm³/mol. The Kier molecular flexibility index (Phi) is 1.80. The fraction of sp³-hybridized carbons (Fsp3) is 0.727. The second-order valence-electron chi connectivity index (χ2n) is 5.11.